The number of nitrogens with zero attached hydrogens (tertiary/aromatic N) is 2. The van der Waals surface area contributed by atoms with E-state index in [2.05, 4.69) is 9.98 Å². The summed E-state index contributed by atoms with van der Waals surface area (Å²) in [5.41, 5.74) is -0.503. The third-order valence-electron chi connectivity index (χ3n) is 2.98. The van der Waals surface area contributed by atoms with E-state index in [0.717, 1.165) is 0 Å². The smallest absolute Gasteiger partial charge is 0.339 e. The van der Waals surface area contributed by atoms with Gasteiger partial charge >= 0.3 is 11.9 Å². The van der Waals surface area contributed by atoms with Crippen LogP contribution in [-0.2, 0) is 0 Å². The molecule has 0 fully saturated rings. The second-order valence-electron chi connectivity index (χ2n) is 4.51. The van der Waals surface area contributed by atoms with E-state index in [-0.39, 0.29) is 22.5 Å². The van der Waals surface area contributed by atoms with Crippen molar-refractivity contribution in [1.82, 2.24) is 0 Å². The highest BCUT2D eigenvalue weighted by molar-refractivity contribution is 6.17. The van der Waals surface area contributed by atoms with Gasteiger partial charge in [-0.15, -0.1) is 0 Å². The van der Waals surface area contributed by atoms with Gasteiger partial charge in [-0.1, -0.05) is 12.1 Å². The Morgan fingerprint density at radius 3 is 1.46 bits per heavy atom. The Morgan fingerprint density at radius 2 is 1.12 bits per heavy atom. The van der Waals surface area contributed by atoms with E-state index in [9.17, 15) is 19.8 Å². The van der Waals surface area contributed by atoms with Gasteiger partial charge in [0.1, 0.15) is 22.5 Å². The van der Waals surface area contributed by atoms with Crippen LogP contribution in [-0.4, -0.2) is 44.8 Å². The molecule has 2 rings (SSSR count). The second kappa shape index (κ2) is 7.05. The zero-order valence-electron chi connectivity index (χ0n) is 12.1. The Kier molecular flexibility index (Phi) is 4.90. The van der Waals surface area contributed by atoms with Crippen molar-refractivity contribution in [1.29, 1.82) is 0 Å². The van der Waals surface area contributed by atoms with E-state index >= 15 is 0 Å². The number of aromatic hydroxyl groups is 2. The first kappa shape index (κ1) is 16.7. The molecule has 0 bridgehead atoms. The average molecular weight is 328 g/mol. The van der Waals surface area contributed by atoms with Gasteiger partial charge in [0.25, 0.3) is 0 Å². The number of carboxylic acids is 2. The Hall–Kier alpha value is -3.68. The standard InChI is InChI=1S/C16H12N2O6/c19-13-9(15(21)22)3-1-5-11(13)17-7-8-18-12-6-2-4-10(14(12)20)16(23)24/h1-8,19-20H,(H,21,22)(H,23,24)/b17-7+,18-8+. The van der Waals surface area contributed by atoms with E-state index in [0.29, 0.717) is 0 Å². The van der Waals surface area contributed by atoms with E-state index in [1.54, 1.807) is 0 Å². The molecule has 0 heterocycles. The number of aliphatic imine (C=N–C) groups is 2. The topological polar surface area (TPSA) is 140 Å². The van der Waals surface area contributed by atoms with Crippen LogP contribution in [0.1, 0.15) is 20.7 Å². The molecule has 0 unspecified atom stereocenters. The first-order chi connectivity index (χ1) is 11.4. The number of para-hydroxylation sites is 2. The van der Waals surface area contributed by atoms with Crippen LogP contribution in [0, 0.1) is 0 Å². The number of hydrogen-bond donors (Lipinski definition) is 4. The van der Waals surface area contributed by atoms with Crippen molar-refractivity contribution in [3.8, 4) is 11.5 Å². The molecule has 8 heteroatoms. The van der Waals surface area contributed by atoms with Crippen LogP contribution >= 0.6 is 0 Å². The molecule has 0 aromatic heterocycles. The van der Waals surface area contributed by atoms with E-state index in [1.807, 2.05) is 0 Å². The summed E-state index contributed by atoms with van der Waals surface area (Å²) in [6.45, 7) is 0. The molecule has 0 saturated heterocycles. The maximum Gasteiger partial charge on any atom is 0.339 e. The lowest BCUT2D eigenvalue weighted by Gasteiger charge is -2.02. The molecule has 2 aromatic carbocycles. The number of carboxylic acid groups (broad SMARTS) is 2. The minimum atomic E-state index is -1.28. The van der Waals surface area contributed by atoms with E-state index in [1.165, 1.54) is 48.8 Å². The summed E-state index contributed by atoms with van der Waals surface area (Å²) in [7, 11) is 0. The van der Waals surface area contributed by atoms with Gasteiger partial charge in [-0.25, -0.2) is 9.59 Å². The van der Waals surface area contributed by atoms with Crippen LogP contribution in [0.4, 0.5) is 11.4 Å². The zero-order valence-corrected chi connectivity index (χ0v) is 12.1. The molecule has 24 heavy (non-hydrogen) atoms. The average Bonchev–Trinajstić information content (AvgIpc) is 2.53. The molecule has 2 aromatic rings. The largest absolute Gasteiger partial charge is 0.505 e. The fourth-order valence-corrected chi connectivity index (χ4v) is 1.84. The van der Waals surface area contributed by atoms with Crippen LogP contribution in [0.3, 0.4) is 0 Å². The van der Waals surface area contributed by atoms with Gasteiger partial charge in [0.2, 0.25) is 0 Å². The zero-order chi connectivity index (χ0) is 17.7. The minimum absolute atomic E-state index is 0.0323. The Balaban J connectivity index is 2.23. The summed E-state index contributed by atoms with van der Waals surface area (Å²) in [6.07, 6.45) is 2.35. The van der Waals surface area contributed by atoms with Gasteiger partial charge in [-0.05, 0) is 24.3 Å². The highest BCUT2D eigenvalue weighted by atomic mass is 16.4. The lowest BCUT2D eigenvalue weighted by atomic mass is 10.2. The van der Waals surface area contributed by atoms with Crippen molar-refractivity contribution in [3.63, 3.8) is 0 Å². The molecule has 0 aliphatic carbocycles. The Bertz CT molecular complexity index is 786. The van der Waals surface area contributed by atoms with Crippen molar-refractivity contribution in [2.45, 2.75) is 0 Å². The molecule has 4 N–H and O–H groups in total. The lowest BCUT2D eigenvalue weighted by molar-refractivity contribution is 0.0682. The molecular weight excluding hydrogens is 316 g/mol. The number of rotatable bonds is 5. The van der Waals surface area contributed by atoms with Crippen molar-refractivity contribution in [2.75, 3.05) is 0 Å². The van der Waals surface area contributed by atoms with Gasteiger partial charge < -0.3 is 20.4 Å². The SMILES string of the molecule is O=C(O)c1cccc(/N=C/C=N/c2cccc(C(=O)O)c2O)c1O. The molecule has 0 atom stereocenters. The number of phenols is 2. The summed E-state index contributed by atoms with van der Waals surface area (Å²) in [6, 6.07) is 8.15. The molecule has 0 saturated carbocycles. The second-order valence-corrected chi connectivity index (χ2v) is 4.51. The number of aromatic carboxylic acids is 2. The van der Waals surface area contributed by atoms with Crippen LogP contribution in [0.2, 0.25) is 0 Å². The van der Waals surface area contributed by atoms with Gasteiger partial charge in [0, 0.05) is 12.4 Å². The Labute approximate surface area is 135 Å². The number of carbonyl (C=O) groups is 2. The van der Waals surface area contributed by atoms with Crippen LogP contribution in [0.15, 0.2) is 46.4 Å². The fraction of sp³-hybridized carbons (Fsp3) is 0. The molecule has 122 valence electrons. The highest BCUT2D eigenvalue weighted by Crippen LogP contribution is 2.30. The molecular formula is C16H12N2O6. The van der Waals surface area contributed by atoms with Crippen molar-refractivity contribution in [2.24, 2.45) is 9.98 Å². The lowest BCUT2D eigenvalue weighted by Crippen LogP contribution is -1.96. The van der Waals surface area contributed by atoms with Gasteiger partial charge in [0.15, 0.2) is 11.5 Å². The Morgan fingerprint density at radius 1 is 0.750 bits per heavy atom. The van der Waals surface area contributed by atoms with Crippen molar-refractivity contribution >= 4 is 35.7 Å². The monoisotopic (exact) mass is 328 g/mol. The minimum Gasteiger partial charge on any atom is -0.505 e. The highest BCUT2D eigenvalue weighted by Gasteiger charge is 2.12. The van der Waals surface area contributed by atoms with Gasteiger partial charge in [0.05, 0.1) is 0 Å². The number of hydrogen-bond acceptors (Lipinski definition) is 6. The molecule has 0 aliphatic heterocycles. The summed E-state index contributed by atoms with van der Waals surface area (Å²) in [5.74, 6) is -3.53. The molecule has 0 aliphatic rings. The summed E-state index contributed by atoms with van der Waals surface area (Å²) >= 11 is 0. The molecule has 8 nitrogen and oxygen atoms in total. The summed E-state index contributed by atoms with van der Waals surface area (Å²) < 4.78 is 0. The summed E-state index contributed by atoms with van der Waals surface area (Å²) in [5, 5.41) is 37.3. The van der Waals surface area contributed by atoms with Crippen LogP contribution < -0.4 is 0 Å². The number of benzene rings is 2. The normalized spacial score (nSPS) is 11.2. The summed E-state index contributed by atoms with van der Waals surface area (Å²) in [4.78, 5) is 29.5. The first-order valence-corrected chi connectivity index (χ1v) is 6.59. The van der Waals surface area contributed by atoms with Crippen LogP contribution in [0.5, 0.6) is 11.5 Å². The predicted octanol–water partition coefficient (Wildman–Crippen LogP) is 2.60. The van der Waals surface area contributed by atoms with Gasteiger partial charge in [-0.3, -0.25) is 9.98 Å². The maximum atomic E-state index is 10.9. The fourth-order valence-electron chi connectivity index (χ4n) is 1.84. The van der Waals surface area contributed by atoms with E-state index in [4.69, 9.17) is 10.2 Å². The van der Waals surface area contributed by atoms with Crippen molar-refractivity contribution in [3.05, 3.63) is 47.5 Å². The molecule has 0 amide bonds. The maximum absolute atomic E-state index is 10.9. The van der Waals surface area contributed by atoms with Crippen molar-refractivity contribution < 1.29 is 30.0 Å². The first-order valence-electron chi connectivity index (χ1n) is 6.59. The van der Waals surface area contributed by atoms with E-state index < -0.39 is 23.4 Å². The third-order valence-corrected chi connectivity index (χ3v) is 2.98. The van der Waals surface area contributed by atoms with Crippen LogP contribution in [0.25, 0.3) is 0 Å². The molecule has 0 radical (unpaired) electrons. The predicted molar refractivity (Wildman–Crippen MR) is 86.4 cm³/mol. The quantitative estimate of drug-likeness (QED) is 0.622. The third kappa shape index (κ3) is 3.55. The molecule has 0 spiro atoms. The van der Waals surface area contributed by atoms with Gasteiger partial charge in [-0.2, -0.15) is 0 Å².